The fourth-order valence-electron chi connectivity index (χ4n) is 1.91. The van der Waals surface area contributed by atoms with E-state index in [1.165, 1.54) is 23.2 Å². The van der Waals surface area contributed by atoms with Crippen LogP contribution < -0.4 is 5.32 Å². The Morgan fingerprint density at radius 1 is 1.38 bits per heavy atom. The zero-order valence-electron chi connectivity index (χ0n) is 12.0. The number of carbonyl (C=O) groups excluding carboxylic acids is 1. The van der Waals surface area contributed by atoms with Crippen LogP contribution in [0.25, 0.3) is 0 Å². The molecule has 0 bridgehead atoms. The van der Waals surface area contributed by atoms with Crippen LogP contribution >= 0.6 is 0 Å². The fraction of sp³-hybridized carbons (Fsp3) is 0.267. The van der Waals surface area contributed by atoms with Crippen molar-refractivity contribution in [3.63, 3.8) is 0 Å². The van der Waals surface area contributed by atoms with E-state index in [9.17, 15) is 9.18 Å². The van der Waals surface area contributed by atoms with Crippen molar-refractivity contribution in [2.45, 2.75) is 13.5 Å². The molecule has 0 saturated carbocycles. The Kier molecular flexibility index (Phi) is 4.81. The first-order valence-electron chi connectivity index (χ1n) is 6.66. The van der Waals surface area contributed by atoms with Gasteiger partial charge in [-0.15, -0.1) is 0 Å². The van der Waals surface area contributed by atoms with Gasteiger partial charge in [0.05, 0.1) is 12.4 Å². The van der Waals surface area contributed by atoms with E-state index in [0.717, 1.165) is 5.56 Å². The number of nitrogens with one attached hydrogen (secondary N) is 1. The van der Waals surface area contributed by atoms with Crippen molar-refractivity contribution in [3.8, 4) is 0 Å². The number of benzene rings is 1. The van der Waals surface area contributed by atoms with Crippen LogP contribution in [0.5, 0.6) is 0 Å². The third-order valence-corrected chi connectivity index (χ3v) is 2.87. The average molecular weight is 288 g/mol. The maximum Gasteiger partial charge on any atom is 0.274 e. The van der Waals surface area contributed by atoms with Gasteiger partial charge in [-0.25, -0.2) is 9.37 Å². The Morgan fingerprint density at radius 2 is 2.19 bits per heavy atom. The summed E-state index contributed by atoms with van der Waals surface area (Å²) in [4.78, 5) is 22.0. The molecule has 1 aromatic carbocycles. The second-order valence-corrected chi connectivity index (χ2v) is 4.61. The van der Waals surface area contributed by atoms with Gasteiger partial charge >= 0.3 is 0 Å². The molecule has 1 N–H and O–H groups in total. The number of hydrogen-bond acceptors (Lipinski definition) is 4. The predicted octanol–water partition coefficient (Wildman–Crippen LogP) is 2.32. The third kappa shape index (κ3) is 3.98. The Bertz CT molecular complexity index is 633. The minimum atomic E-state index is -0.317. The highest BCUT2D eigenvalue weighted by atomic mass is 19.1. The van der Waals surface area contributed by atoms with Gasteiger partial charge in [-0.1, -0.05) is 12.1 Å². The SMILES string of the molecule is CCNc1cncc(C(=O)N(C)Cc2cccc(F)c2)n1. The Balaban J connectivity index is 2.10. The maximum atomic E-state index is 13.1. The molecule has 6 heteroatoms. The Labute approximate surface area is 122 Å². The van der Waals surface area contributed by atoms with Crippen LogP contribution in [-0.4, -0.2) is 34.4 Å². The Morgan fingerprint density at radius 3 is 2.90 bits per heavy atom. The standard InChI is InChI=1S/C15H17FN4O/c1-3-18-14-9-17-8-13(19-14)15(21)20(2)10-11-5-4-6-12(16)7-11/h4-9H,3,10H2,1-2H3,(H,18,19). The molecule has 2 rings (SSSR count). The zero-order valence-corrected chi connectivity index (χ0v) is 12.0. The summed E-state index contributed by atoms with van der Waals surface area (Å²) < 4.78 is 13.1. The van der Waals surface area contributed by atoms with Crippen molar-refractivity contribution >= 4 is 11.7 Å². The summed E-state index contributed by atoms with van der Waals surface area (Å²) in [5.41, 5.74) is 0.981. The first kappa shape index (κ1) is 14.9. The van der Waals surface area contributed by atoms with Crippen LogP contribution in [0.1, 0.15) is 23.0 Å². The summed E-state index contributed by atoms with van der Waals surface area (Å²) in [6.45, 7) is 2.95. The number of carbonyl (C=O) groups is 1. The highest BCUT2D eigenvalue weighted by molar-refractivity contribution is 5.92. The lowest BCUT2D eigenvalue weighted by molar-refractivity contribution is 0.0779. The number of rotatable bonds is 5. The van der Waals surface area contributed by atoms with Crippen LogP contribution in [-0.2, 0) is 6.54 Å². The Hall–Kier alpha value is -2.50. The molecule has 0 aliphatic rings. The van der Waals surface area contributed by atoms with E-state index in [4.69, 9.17) is 0 Å². The van der Waals surface area contributed by atoms with Crippen molar-refractivity contribution < 1.29 is 9.18 Å². The van der Waals surface area contributed by atoms with Gasteiger partial charge in [0.15, 0.2) is 0 Å². The summed E-state index contributed by atoms with van der Waals surface area (Å²) >= 11 is 0. The van der Waals surface area contributed by atoms with Crippen molar-refractivity contribution in [1.82, 2.24) is 14.9 Å². The molecule has 5 nitrogen and oxygen atoms in total. The monoisotopic (exact) mass is 288 g/mol. The summed E-state index contributed by atoms with van der Waals surface area (Å²) in [6.07, 6.45) is 2.98. The molecule has 0 saturated heterocycles. The van der Waals surface area contributed by atoms with Gasteiger partial charge < -0.3 is 10.2 Å². The molecule has 0 fully saturated rings. The molecule has 0 spiro atoms. The van der Waals surface area contributed by atoms with Crippen LogP contribution in [0.3, 0.4) is 0 Å². The number of anilines is 1. The van der Waals surface area contributed by atoms with Crippen LogP contribution in [0.15, 0.2) is 36.7 Å². The molecule has 0 aliphatic heterocycles. The van der Waals surface area contributed by atoms with Crippen LogP contribution in [0.2, 0.25) is 0 Å². The van der Waals surface area contributed by atoms with Gasteiger partial charge in [0.2, 0.25) is 0 Å². The third-order valence-electron chi connectivity index (χ3n) is 2.87. The minimum Gasteiger partial charge on any atom is -0.369 e. The normalized spacial score (nSPS) is 10.2. The average Bonchev–Trinajstić information content (AvgIpc) is 2.47. The van der Waals surface area contributed by atoms with Gasteiger partial charge in [-0.05, 0) is 24.6 Å². The minimum absolute atomic E-state index is 0.257. The molecular weight excluding hydrogens is 271 g/mol. The summed E-state index contributed by atoms with van der Waals surface area (Å²) in [6, 6.07) is 6.17. The molecule has 1 heterocycles. The second kappa shape index (κ2) is 6.78. The number of nitrogens with zero attached hydrogens (tertiary/aromatic N) is 3. The predicted molar refractivity (Wildman–Crippen MR) is 78.4 cm³/mol. The van der Waals surface area contributed by atoms with E-state index < -0.39 is 0 Å². The van der Waals surface area contributed by atoms with E-state index in [-0.39, 0.29) is 17.4 Å². The number of halogens is 1. The van der Waals surface area contributed by atoms with Crippen molar-refractivity contribution in [3.05, 3.63) is 53.7 Å². The van der Waals surface area contributed by atoms with Gasteiger partial charge in [-0.2, -0.15) is 0 Å². The molecule has 0 radical (unpaired) electrons. The first-order chi connectivity index (χ1) is 10.1. The van der Waals surface area contributed by atoms with Gasteiger partial charge in [0, 0.05) is 20.1 Å². The number of amides is 1. The lowest BCUT2D eigenvalue weighted by atomic mass is 10.2. The lowest BCUT2D eigenvalue weighted by Gasteiger charge is -2.17. The molecule has 0 aliphatic carbocycles. The second-order valence-electron chi connectivity index (χ2n) is 4.61. The van der Waals surface area contributed by atoms with Crippen molar-refractivity contribution in [1.29, 1.82) is 0 Å². The van der Waals surface area contributed by atoms with Crippen molar-refractivity contribution in [2.24, 2.45) is 0 Å². The fourth-order valence-corrected chi connectivity index (χ4v) is 1.91. The summed E-state index contributed by atoms with van der Waals surface area (Å²) in [5.74, 6) is -0.0173. The maximum absolute atomic E-state index is 13.1. The van der Waals surface area contributed by atoms with E-state index in [0.29, 0.717) is 18.9 Å². The smallest absolute Gasteiger partial charge is 0.274 e. The van der Waals surface area contributed by atoms with Crippen LogP contribution in [0.4, 0.5) is 10.2 Å². The quantitative estimate of drug-likeness (QED) is 0.917. The lowest BCUT2D eigenvalue weighted by Crippen LogP contribution is -2.27. The van der Waals surface area contributed by atoms with Crippen molar-refractivity contribution in [2.75, 3.05) is 18.9 Å². The number of aromatic nitrogens is 2. The molecule has 1 aromatic heterocycles. The molecule has 0 atom stereocenters. The zero-order chi connectivity index (χ0) is 15.2. The molecular formula is C15H17FN4O. The van der Waals surface area contributed by atoms with Gasteiger partial charge in [0.25, 0.3) is 5.91 Å². The van der Waals surface area contributed by atoms with E-state index in [1.54, 1.807) is 25.4 Å². The molecule has 21 heavy (non-hydrogen) atoms. The summed E-state index contributed by atoms with van der Waals surface area (Å²) in [5, 5.41) is 3.00. The van der Waals surface area contributed by atoms with E-state index >= 15 is 0 Å². The highest BCUT2D eigenvalue weighted by Gasteiger charge is 2.14. The first-order valence-corrected chi connectivity index (χ1v) is 6.66. The molecule has 2 aromatic rings. The van der Waals surface area contributed by atoms with E-state index in [1.807, 2.05) is 6.92 Å². The van der Waals surface area contributed by atoms with Crippen LogP contribution in [0, 0.1) is 5.82 Å². The number of hydrogen-bond donors (Lipinski definition) is 1. The van der Waals surface area contributed by atoms with Gasteiger partial charge in [-0.3, -0.25) is 9.78 Å². The molecule has 110 valence electrons. The van der Waals surface area contributed by atoms with E-state index in [2.05, 4.69) is 15.3 Å². The largest absolute Gasteiger partial charge is 0.369 e. The molecule has 0 unspecified atom stereocenters. The highest BCUT2D eigenvalue weighted by Crippen LogP contribution is 2.09. The summed E-state index contributed by atoms with van der Waals surface area (Å²) in [7, 11) is 1.65. The topological polar surface area (TPSA) is 58.1 Å². The molecule has 1 amide bonds. The van der Waals surface area contributed by atoms with Gasteiger partial charge in [0.1, 0.15) is 17.3 Å².